The predicted octanol–water partition coefficient (Wildman–Crippen LogP) is 3.98. The van der Waals surface area contributed by atoms with Gasteiger partial charge in [0, 0.05) is 12.5 Å². The van der Waals surface area contributed by atoms with Crippen molar-refractivity contribution in [1.29, 1.82) is 0 Å². The van der Waals surface area contributed by atoms with E-state index in [1.54, 1.807) is 0 Å². The molecule has 0 bridgehead atoms. The molecule has 0 aliphatic rings. The summed E-state index contributed by atoms with van der Waals surface area (Å²) in [5.74, 6) is 1.39. The highest BCUT2D eigenvalue weighted by atomic mass is 16.5. The SMILES string of the molecule is CCCCCCOc1cccc(OCCCC(=O)OC)c1. The second kappa shape index (κ2) is 11.0. The van der Waals surface area contributed by atoms with Gasteiger partial charge in [-0.05, 0) is 25.0 Å². The topological polar surface area (TPSA) is 44.8 Å². The van der Waals surface area contributed by atoms with Crippen LogP contribution in [0.4, 0.5) is 0 Å². The molecule has 0 aliphatic carbocycles. The third kappa shape index (κ3) is 8.23. The van der Waals surface area contributed by atoms with Crippen LogP contribution in [0.25, 0.3) is 0 Å². The number of esters is 1. The molecule has 1 rings (SSSR count). The number of carbonyl (C=O) groups is 1. The monoisotopic (exact) mass is 294 g/mol. The molecule has 0 saturated carbocycles. The van der Waals surface area contributed by atoms with Crippen LogP contribution in [0.15, 0.2) is 24.3 Å². The van der Waals surface area contributed by atoms with Crippen molar-refractivity contribution in [3.63, 3.8) is 0 Å². The number of rotatable bonds is 11. The molecule has 0 radical (unpaired) electrons. The summed E-state index contributed by atoms with van der Waals surface area (Å²) in [4.78, 5) is 11.0. The molecule has 0 unspecified atom stereocenters. The van der Waals surface area contributed by atoms with E-state index < -0.39 is 0 Å². The number of hydrogen-bond acceptors (Lipinski definition) is 4. The van der Waals surface area contributed by atoms with E-state index in [9.17, 15) is 4.79 Å². The maximum Gasteiger partial charge on any atom is 0.305 e. The van der Waals surface area contributed by atoms with Crippen LogP contribution < -0.4 is 9.47 Å². The van der Waals surface area contributed by atoms with Crippen LogP contribution in [0.5, 0.6) is 11.5 Å². The molecule has 1 aromatic rings. The molecule has 0 N–H and O–H groups in total. The summed E-state index contributed by atoms with van der Waals surface area (Å²) in [5, 5.41) is 0. The first-order valence-electron chi connectivity index (χ1n) is 7.68. The van der Waals surface area contributed by atoms with Crippen molar-refractivity contribution in [2.24, 2.45) is 0 Å². The molecule has 0 spiro atoms. The Kier molecular flexibility index (Phi) is 9.09. The van der Waals surface area contributed by atoms with Crippen molar-refractivity contribution in [3.8, 4) is 11.5 Å². The van der Waals surface area contributed by atoms with Gasteiger partial charge in [0.1, 0.15) is 11.5 Å². The molecule has 0 heterocycles. The number of unbranched alkanes of at least 4 members (excludes halogenated alkanes) is 3. The van der Waals surface area contributed by atoms with Crippen LogP contribution in [-0.2, 0) is 9.53 Å². The van der Waals surface area contributed by atoms with Gasteiger partial charge in [0.05, 0.1) is 20.3 Å². The third-order valence-electron chi connectivity index (χ3n) is 3.09. The van der Waals surface area contributed by atoms with Gasteiger partial charge >= 0.3 is 5.97 Å². The van der Waals surface area contributed by atoms with Crippen molar-refractivity contribution in [3.05, 3.63) is 24.3 Å². The van der Waals surface area contributed by atoms with Crippen molar-refractivity contribution < 1.29 is 19.0 Å². The van der Waals surface area contributed by atoms with Crippen LogP contribution in [-0.4, -0.2) is 26.3 Å². The van der Waals surface area contributed by atoms with Gasteiger partial charge in [-0.1, -0.05) is 32.3 Å². The number of benzene rings is 1. The molecular formula is C17H26O4. The summed E-state index contributed by atoms with van der Waals surface area (Å²) in [5.41, 5.74) is 0. The van der Waals surface area contributed by atoms with E-state index in [1.807, 2.05) is 24.3 Å². The van der Waals surface area contributed by atoms with Crippen molar-refractivity contribution in [2.75, 3.05) is 20.3 Å². The Balaban J connectivity index is 2.23. The van der Waals surface area contributed by atoms with Crippen LogP contribution >= 0.6 is 0 Å². The first-order chi connectivity index (χ1) is 10.3. The van der Waals surface area contributed by atoms with Gasteiger partial charge < -0.3 is 14.2 Å². The second-order valence-electron chi connectivity index (χ2n) is 4.91. The number of hydrogen-bond donors (Lipinski definition) is 0. The zero-order valence-electron chi connectivity index (χ0n) is 13.1. The molecular weight excluding hydrogens is 268 g/mol. The lowest BCUT2D eigenvalue weighted by molar-refractivity contribution is -0.140. The number of methoxy groups -OCH3 is 1. The third-order valence-corrected chi connectivity index (χ3v) is 3.09. The van der Waals surface area contributed by atoms with E-state index in [4.69, 9.17) is 9.47 Å². The Morgan fingerprint density at radius 1 is 1.00 bits per heavy atom. The summed E-state index contributed by atoms with van der Waals surface area (Å²) >= 11 is 0. The molecule has 4 nitrogen and oxygen atoms in total. The summed E-state index contributed by atoms with van der Waals surface area (Å²) < 4.78 is 15.9. The lowest BCUT2D eigenvalue weighted by atomic mass is 10.2. The zero-order chi connectivity index (χ0) is 15.3. The van der Waals surface area contributed by atoms with Gasteiger partial charge in [0.15, 0.2) is 0 Å². The minimum absolute atomic E-state index is 0.206. The normalized spacial score (nSPS) is 10.2. The summed E-state index contributed by atoms with van der Waals surface area (Å²) in [6.45, 7) is 3.43. The zero-order valence-corrected chi connectivity index (χ0v) is 13.1. The summed E-state index contributed by atoms with van der Waals surface area (Å²) in [7, 11) is 1.39. The maximum absolute atomic E-state index is 11.0. The van der Waals surface area contributed by atoms with E-state index in [-0.39, 0.29) is 5.97 Å². The standard InChI is InChI=1S/C17H26O4/c1-3-4-5-6-12-20-15-9-7-10-16(14-15)21-13-8-11-17(18)19-2/h7,9-10,14H,3-6,8,11-13H2,1-2H3. The average molecular weight is 294 g/mol. The van der Waals surface area contributed by atoms with E-state index in [0.717, 1.165) is 24.5 Å². The molecule has 0 aromatic heterocycles. The molecule has 1 aromatic carbocycles. The largest absolute Gasteiger partial charge is 0.493 e. The maximum atomic E-state index is 11.0. The van der Waals surface area contributed by atoms with E-state index >= 15 is 0 Å². The minimum atomic E-state index is -0.206. The average Bonchev–Trinajstić information content (AvgIpc) is 2.51. The summed E-state index contributed by atoms with van der Waals surface area (Å²) in [6.07, 6.45) is 5.80. The van der Waals surface area contributed by atoms with Gasteiger partial charge in [-0.2, -0.15) is 0 Å². The van der Waals surface area contributed by atoms with Gasteiger partial charge in [0.25, 0.3) is 0 Å². The van der Waals surface area contributed by atoms with Crippen LogP contribution in [0.2, 0.25) is 0 Å². The molecule has 0 saturated heterocycles. The second-order valence-corrected chi connectivity index (χ2v) is 4.91. The highest BCUT2D eigenvalue weighted by Gasteiger charge is 2.01. The fourth-order valence-electron chi connectivity index (χ4n) is 1.88. The fourth-order valence-corrected chi connectivity index (χ4v) is 1.88. The Bertz CT molecular complexity index is 404. The molecule has 118 valence electrons. The van der Waals surface area contributed by atoms with E-state index in [0.29, 0.717) is 19.4 Å². The van der Waals surface area contributed by atoms with Crippen molar-refractivity contribution >= 4 is 5.97 Å². The Labute approximate surface area is 127 Å². The molecule has 0 fully saturated rings. The first-order valence-corrected chi connectivity index (χ1v) is 7.68. The van der Waals surface area contributed by atoms with Crippen LogP contribution in [0, 0.1) is 0 Å². The number of carbonyl (C=O) groups excluding carboxylic acids is 1. The first kappa shape index (κ1) is 17.3. The highest BCUT2D eigenvalue weighted by Crippen LogP contribution is 2.20. The van der Waals surface area contributed by atoms with Gasteiger partial charge in [-0.3, -0.25) is 4.79 Å². The molecule has 4 heteroatoms. The lowest BCUT2D eigenvalue weighted by Crippen LogP contribution is -2.04. The van der Waals surface area contributed by atoms with Crippen LogP contribution in [0.1, 0.15) is 45.4 Å². The minimum Gasteiger partial charge on any atom is -0.493 e. The van der Waals surface area contributed by atoms with Crippen LogP contribution in [0.3, 0.4) is 0 Å². The molecule has 0 atom stereocenters. The molecule has 0 aliphatic heterocycles. The van der Waals surface area contributed by atoms with Crippen molar-refractivity contribution in [2.45, 2.75) is 45.4 Å². The molecule has 21 heavy (non-hydrogen) atoms. The Morgan fingerprint density at radius 3 is 2.29 bits per heavy atom. The summed E-state index contributed by atoms with van der Waals surface area (Å²) in [6, 6.07) is 7.62. The van der Waals surface area contributed by atoms with Gasteiger partial charge in [-0.25, -0.2) is 0 Å². The smallest absolute Gasteiger partial charge is 0.305 e. The van der Waals surface area contributed by atoms with E-state index in [1.165, 1.54) is 26.4 Å². The van der Waals surface area contributed by atoms with E-state index in [2.05, 4.69) is 11.7 Å². The van der Waals surface area contributed by atoms with Gasteiger partial charge in [-0.15, -0.1) is 0 Å². The highest BCUT2D eigenvalue weighted by molar-refractivity contribution is 5.69. The van der Waals surface area contributed by atoms with Gasteiger partial charge in [0.2, 0.25) is 0 Å². The lowest BCUT2D eigenvalue weighted by Gasteiger charge is -2.09. The Morgan fingerprint density at radius 2 is 1.67 bits per heavy atom. The van der Waals surface area contributed by atoms with Crippen molar-refractivity contribution in [1.82, 2.24) is 0 Å². The quantitative estimate of drug-likeness (QED) is 0.457. The molecule has 0 amide bonds. The fraction of sp³-hybridized carbons (Fsp3) is 0.588. The Hall–Kier alpha value is -1.71. The predicted molar refractivity (Wildman–Crippen MR) is 82.8 cm³/mol. The number of ether oxygens (including phenoxy) is 3.